The number of nitrogens with zero attached hydrogens (tertiary/aromatic N) is 3. The van der Waals surface area contributed by atoms with Crippen LogP contribution in [0.5, 0.6) is 0 Å². The van der Waals surface area contributed by atoms with E-state index in [4.69, 9.17) is 40.5 Å². The van der Waals surface area contributed by atoms with Gasteiger partial charge in [0.1, 0.15) is 11.4 Å². The minimum atomic E-state index is -1.52. The lowest BCUT2D eigenvalue weighted by Gasteiger charge is -2.13. The first-order valence-corrected chi connectivity index (χ1v) is 5.33. The average molecular weight is 258 g/mol. The second kappa shape index (κ2) is 4.66. The van der Waals surface area contributed by atoms with Crippen LogP contribution < -0.4 is 5.73 Å². The van der Waals surface area contributed by atoms with Crippen molar-refractivity contribution in [1.82, 2.24) is 15.0 Å². The molecule has 4 nitrogen and oxygen atoms in total. The monoisotopic (exact) mass is 256 g/mol. The molecule has 0 unspecified atom stereocenters. The highest BCUT2D eigenvalue weighted by Gasteiger charge is 2.31. The van der Waals surface area contributed by atoms with E-state index in [-0.39, 0.29) is 6.54 Å². The largest absolute Gasteiger partial charge is 0.325 e. The van der Waals surface area contributed by atoms with Crippen LogP contribution in [-0.4, -0.2) is 15.0 Å². The number of nitrogens with two attached hydrogens (primary N) is 1. The maximum atomic E-state index is 5.80. The summed E-state index contributed by atoms with van der Waals surface area (Å²) < 4.78 is 0.0581. The van der Waals surface area contributed by atoms with E-state index in [0.29, 0.717) is 17.9 Å². The summed E-state index contributed by atoms with van der Waals surface area (Å²) in [6, 6.07) is 0. The molecule has 1 heterocycles. The molecular formula is C7H11Cl3N4. The van der Waals surface area contributed by atoms with Gasteiger partial charge in [-0.1, -0.05) is 46.9 Å². The molecule has 0 aliphatic carbocycles. The summed E-state index contributed by atoms with van der Waals surface area (Å²) in [7, 11) is 0. The number of hydrogen-bond donors (Lipinski definition) is 1. The van der Waals surface area contributed by atoms with Gasteiger partial charge in [-0.2, -0.15) is 0 Å². The van der Waals surface area contributed by atoms with Crippen LogP contribution in [0.3, 0.4) is 0 Å². The van der Waals surface area contributed by atoms with Gasteiger partial charge < -0.3 is 5.73 Å². The van der Waals surface area contributed by atoms with E-state index in [1.54, 1.807) is 4.68 Å². The van der Waals surface area contributed by atoms with Gasteiger partial charge in [-0.25, -0.2) is 4.68 Å². The van der Waals surface area contributed by atoms with Gasteiger partial charge in [0.15, 0.2) is 0 Å². The van der Waals surface area contributed by atoms with Crippen molar-refractivity contribution < 1.29 is 0 Å². The summed E-state index contributed by atoms with van der Waals surface area (Å²) in [4.78, 5) is 0. The normalized spacial score (nSPS) is 12.1. The number of halogens is 3. The second-order valence-corrected chi connectivity index (χ2v) is 5.09. The predicted molar refractivity (Wildman–Crippen MR) is 57.4 cm³/mol. The van der Waals surface area contributed by atoms with Gasteiger partial charge in [0, 0.05) is 13.1 Å². The summed E-state index contributed by atoms with van der Waals surface area (Å²) >= 11 is 17.4. The molecule has 0 bridgehead atoms. The third-order valence-corrected chi connectivity index (χ3v) is 2.24. The standard InChI is InChI=1S/C7H11Cl3N4/c1-2-3-14-6(7(8,9)10)5(4-11)12-13-14/h2-4,11H2,1H3. The lowest BCUT2D eigenvalue weighted by Crippen LogP contribution is -2.15. The van der Waals surface area contributed by atoms with Crippen LogP contribution in [0, 0.1) is 0 Å². The SMILES string of the molecule is CCCn1nnc(CN)c1C(Cl)(Cl)Cl. The fourth-order valence-electron chi connectivity index (χ4n) is 1.16. The topological polar surface area (TPSA) is 56.7 Å². The van der Waals surface area contributed by atoms with Crippen LogP contribution in [0.1, 0.15) is 24.7 Å². The van der Waals surface area contributed by atoms with E-state index in [2.05, 4.69) is 10.3 Å². The average Bonchev–Trinajstić information content (AvgIpc) is 2.47. The van der Waals surface area contributed by atoms with Crippen molar-refractivity contribution in [3.63, 3.8) is 0 Å². The van der Waals surface area contributed by atoms with Crippen molar-refractivity contribution >= 4 is 34.8 Å². The summed E-state index contributed by atoms with van der Waals surface area (Å²) in [5.41, 5.74) is 6.46. The van der Waals surface area contributed by atoms with Crippen molar-refractivity contribution in [3.05, 3.63) is 11.4 Å². The molecule has 1 aromatic rings. The highest BCUT2D eigenvalue weighted by molar-refractivity contribution is 6.66. The van der Waals surface area contributed by atoms with Crippen LogP contribution in [-0.2, 0) is 16.9 Å². The molecule has 14 heavy (non-hydrogen) atoms. The molecule has 0 fully saturated rings. The maximum absolute atomic E-state index is 5.80. The van der Waals surface area contributed by atoms with E-state index < -0.39 is 3.79 Å². The molecule has 2 N–H and O–H groups in total. The molecule has 0 aliphatic rings. The summed E-state index contributed by atoms with van der Waals surface area (Å²) in [5.74, 6) is 0. The van der Waals surface area contributed by atoms with Gasteiger partial charge in [-0.05, 0) is 6.42 Å². The molecule has 0 saturated heterocycles. The van der Waals surface area contributed by atoms with Crippen LogP contribution in [0.4, 0.5) is 0 Å². The molecule has 0 aromatic carbocycles. The lowest BCUT2D eigenvalue weighted by atomic mass is 10.3. The third-order valence-electron chi connectivity index (χ3n) is 1.70. The first-order chi connectivity index (χ1) is 6.50. The van der Waals surface area contributed by atoms with Crippen LogP contribution in [0.15, 0.2) is 0 Å². The molecule has 7 heteroatoms. The smallest absolute Gasteiger partial charge is 0.234 e. The van der Waals surface area contributed by atoms with Crippen molar-refractivity contribution in [1.29, 1.82) is 0 Å². The Morgan fingerprint density at radius 1 is 1.43 bits per heavy atom. The third kappa shape index (κ3) is 2.51. The molecule has 0 aliphatic heterocycles. The van der Waals surface area contributed by atoms with Crippen molar-refractivity contribution in [2.45, 2.75) is 30.2 Å². The quantitative estimate of drug-likeness (QED) is 0.842. The zero-order chi connectivity index (χ0) is 10.8. The summed E-state index contributed by atoms with van der Waals surface area (Å²) in [6.45, 7) is 2.88. The molecule has 0 atom stereocenters. The first-order valence-electron chi connectivity index (χ1n) is 4.20. The Labute approximate surface area is 97.3 Å². The highest BCUT2D eigenvalue weighted by atomic mass is 35.6. The van der Waals surface area contributed by atoms with Crippen molar-refractivity contribution in [3.8, 4) is 0 Å². The second-order valence-electron chi connectivity index (χ2n) is 2.81. The zero-order valence-electron chi connectivity index (χ0n) is 7.67. The van der Waals surface area contributed by atoms with Gasteiger partial charge in [-0.3, -0.25) is 0 Å². The Morgan fingerprint density at radius 2 is 2.07 bits per heavy atom. The van der Waals surface area contributed by atoms with Gasteiger partial charge in [0.25, 0.3) is 0 Å². The van der Waals surface area contributed by atoms with Gasteiger partial charge in [0.05, 0.1) is 0 Å². The minimum Gasteiger partial charge on any atom is -0.325 e. The van der Waals surface area contributed by atoms with Crippen LogP contribution in [0.2, 0.25) is 0 Å². The highest BCUT2D eigenvalue weighted by Crippen LogP contribution is 2.39. The summed E-state index contributed by atoms with van der Waals surface area (Å²) in [6.07, 6.45) is 0.890. The zero-order valence-corrected chi connectivity index (χ0v) is 9.94. The van der Waals surface area contributed by atoms with Crippen LogP contribution >= 0.6 is 34.8 Å². The Kier molecular flexibility index (Phi) is 4.01. The Bertz CT molecular complexity index is 304. The Hall–Kier alpha value is -0.0300. The van der Waals surface area contributed by atoms with Gasteiger partial charge in [0.2, 0.25) is 3.79 Å². The van der Waals surface area contributed by atoms with E-state index in [1.807, 2.05) is 6.92 Å². The number of rotatable bonds is 3. The number of aryl methyl sites for hydroxylation is 1. The number of aromatic nitrogens is 3. The van der Waals surface area contributed by atoms with Crippen molar-refractivity contribution in [2.24, 2.45) is 5.73 Å². The molecule has 0 saturated carbocycles. The fraction of sp³-hybridized carbons (Fsp3) is 0.714. The molecule has 1 aromatic heterocycles. The van der Waals surface area contributed by atoms with E-state index in [1.165, 1.54) is 0 Å². The molecule has 0 spiro atoms. The maximum Gasteiger partial charge on any atom is 0.234 e. The Morgan fingerprint density at radius 3 is 2.50 bits per heavy atom. The molecule has 80 valence electrons. The van der Waals surface area contributed by atoms with Crippen LogP contribution in [0.25, 0.3) is 0 Å². The fourth-order valence-corrected chi connectivity index (χ4v) is 1.78. The number of alkyl halides is 3. The van der Waals surface area contributed by atoms with E-state index >= 15 is 0 Å². The molecule has 1 rings (SSSR count). The molecule has 0 radical (unpaired) electrons. The minimum absolute atomic E-state index is 0.215. The first kappa shape index (κ1) is 12.0. The van der Waals surface area contributed by atoms with Gasteiger partial charge >= 0.3 is 0 Å². The Balaban J connectivity index is 3.13. The predicted octanol–water partition coefficient (Wildman–Crippen LogP) is 1.97. The number of hydrogen-bond acceptors (Lipinski definition) is 3. The molecular weight excluding hydrogens is 246 g/mol. The van der Waals surface area contributed by atoms with Gasteiger partial charge in [-0.15, -0.1) is 5.10 Å². The van der Waals surface area contributed by atoms with Crippen molar-refractivity contribution in [2.75, 3.05) is 0 Å². The molecule has 0 amide bonds. The summed E-state index contributed by atoms with van der Waals surface area (Å²) in [5, 5.41) is 7.73. The van der Waals surface area contributed by atoms with E-state index in [9.17, 15) is 0 Å². The van der Waals surface area contributed by atoms with E-state index in [0.717, 1.165) is 6.42 Å². The lowest BCUT2D eigenvalue weighted by molar-refractivity contribution is 0.558.